The molecule has 0 bridgehead atoms. The highest BCUT2D eigenvalue weighted by Gasteiger charge is 2.21. The number of halogens is 1. The maximum absolute atomic E-state index is 11.9. The van der Waals surface area contributed by atoms with Crippen molar-refractivity contribution < 1.29 is 23.8 Å². The summed E-state index contributed by atoms with van der Waals surface area (Å²) >= 11 is 6.21. The van der Waals surface area contributed by atoms with Gasteiger partial charge in [-0.05, 0) is 51.5 Å². The van der Waals surface area contributed by atoms with Gasteiger partial charge in [-0.1, -0.05) is 11.6 Å². The van der Waals surface area contributed by atoms with Gasteiger partial charge in [-0.15, -0.1) is 0 Å². The Bertz CT molecular complexity index is 709. The normalized spacial score (nSPS) is 15.3. The van der Waals surface area contributed by atoms with Crippen molar-refractivity contribution in [3.63, 3.8) is 0 Å². The van der Waals surface area contributed by atoms with Gasteiger partial charge in [-0.2, -0.15) is 0 Å². The molecule has 1 N–H and O–H groups in total. The van der Waals surface area contributed by atoms with Crippen LogP contribution < -0.4 is 14.8 Å². The molecule has 1 aromatic rings. The molecule has 0 saturated heterocycles. The number of hydrogen-bond donors (Lipinski definition) is 1. The quantitative estimate of drug-likeness (QED) is 0.639. The van der Waals surface area contributed by atoms with Crippen LogP contribution in [0.4, 0.5) is 0 Å². The van der Waals surface area contributed by atoms with Crippen molar-refractivity contribution in [3.8, 4) is 11.5 Å². The van der Waals surface area contributed by atoms with Crippen LogP contribution in [0.5, 0.6) is 11.5 Å². The van der Waals surface area contributed by atoms with E-state index in [9.17, 15) is 9.59 Å². The van der Waals surface area contributed by atoms with E-state index in [0.29, 0.717) is 35.3 Å². The summed E-state index contributed by atoms with van der Waals surface area (Å²) in [6, 6.07) is 3.42. The van der Waals surface area contributed by atoms with Crippen molar-refractivity contribution in [2.45, 2.75) is 45.8 Å². The molecule has 0 aliphatic carbocycles. The first-order chi connectivity index (χ1) is 12.2. The standard InChI is InChI=1S/C19H24ClNO5/c1-12(18(23)21-19(2,3)4)26-16(22)7-6-13-10-14(20)17-15(11-13)24-8-5-9-25-17/h6-7,10-12H,5,8-9H2,1-4H3,(H,21,23)/b7-6+/t12-/m1/s1. The van der Waals surface area contributed by atoms with Crippen molar-refractivity contribution in [1.29, 1.82) is 0 Å². The SMILES string of the molecule is C[C@@H](OC(=O)/C=C/c1cc(Cl)c2c(c1)OCCCO2)C(=O)NC(C)(C)C. The van der Waals surface area contributed by atoms with Crippen LogP contribution in [0.3, 0.4) is 0 Å². The molecule has 26 heavy (non-hydrogen) atoms. The fraction of sp³-hybridized carbons (Fsp3) is 0.474. The highest BCUT2D eigenvalue weighted by Crippen LogP contribution is 2.38. The molecule has 0 saturated carbocycles. The lowest BCUT2D eigenvalue weighted by molar-refractivity contribution is -0.150. The molecule has 1 heterocycles. The maximum Gasteiger partial charge on any atom is 0.331 e. The third kappa shape index (κ3) is 5.95. The molecule has 0 spiro atoms. The van der Waals surface area contributed by atoms with Crippen LogP contribution in [0.1, 0.15) is 39.7 Å². The van der Waals surface area contributed by atoms with Crippen molar-refractivity contribution in [2.24, 2.45) is 0 Å². The molecule has 1 atom stereocenters. The Kier molecular flexibility index (Phi) is 6.53. The van der Waals surface area contributed by atoms with Gasteiger partial charge in [0.1, 0.15) is 0 Å². The summed E-state index contributed by atoms with van der Waals surface area (Å²) < 4.78 is 16.3. The molecule has 7 heteroatoms. The van der Waals surface area contributed by atoms with Crippen LogP contribution in [0, 0.1) is 0 Å². The molecule has 6 nitrogen and oxygen atoms in total. The van der Waals surface area contributed by atoms with Gasteiger partial charge in [-0.25, -0.2) is 4.79 Å². The van der Waals surface area contributed by atoms with Gasteiger partial charge in [0.2, 0.25) is 0 Å². The smallest absolute Gasteiger partial charge is 0.331 e. The molecular formula is C19H24ClNO5. The van der Waals surface area contributed by atoms with E-state index < -0.39 is 17.6 Å². The summed E-state index contributed by atoms with van der Waals surface area (Å²) in [5.41, 5.74) is 0.275. The van der Waals surface area contributed by atoms with E-state index in [-0.39, 0.29) is 5.91 Å². The van der Waals surface area contributed by atoms with Gasteiger partial charge in [0.15, 0.2) is 17.6 Å². The third-order valence-corrected chi connectivity index (χ3v) is 3.68. The van der Waals surface area contributed by atoms with E-state index in [1.807, 2.05) is 20.8 Å². The minimum absolute atomic E-state index is 0.349. The van der Waals surface area contributed by atoms with Crippen molar-refractivity contribution in [2.75, 3.05) is 13.2 Å². The zero-order valence-electron chi connectivity index (χ0n) is 15.4. The monoisotopic (exact) mass is 381 g/mol. The molecule has 1 aliphatic rings. The third-order valence-electron chi connectivity index (χ3n) is 3.40. The van der Waals surface area contributed by atoms with Crippen LogP contribution in [-0.2, 0) is 14.3 Å². The number of carbonyl (C=O) groups excluding carboxylic acids is 2. The molecule has 1 amide bonds. The number of benzene rings is 1. The predicted molar refractivity (Wildman–Crippen MR) is 99.5 cm³/mol. The molecule has 1 aliphatic heterocycles. The summed E-state index contributed by atoms with van der Waals surface area (Å²) in [6.07, 6.45) is 2.68. The van der Waals surface area contributed by atoms with E-state index >= 15 is 0 Å². The minimum atomic E-state index is -0.890. The molecule has 0 fully saturated rings. The van der Waals surface area contributed by atoms with Gasteiger partial charge in [0.05, 0.1) is 18.2 Å². The number of nitrogens with one attached hydrogen (secondary N) is 1. The lowest BCUT2D eigenvalue weighted by Crippen LogP contribution is -2.46. The molecule has 2 rings (SSSR count). The van der Waals surface area contributed by atoms with Crippen LogP contribution in [-0.4, -0.2) is 36.7 Å². The maximum atomic E-state index is 11.9. The summed E-state index contributed by atoms with van der Waals surface area (Å²) in [7, 11) is 0. The van der Waals surface area contributed by atoms with E-state index in [4.69, 9.17) is 25.8 Å². The Morgan fingerprint density at radius 3 is 2.65 bits per heavy atom. The number of fused-ring (bicyclic) bond motifs is 1. The molecule has 142 valence electrons. The molecule has 0 aromatic heterocycles. The number of rotatable bonds is 4. The van der Waals surface area contributed by atoms with E-state index in [1.165, 1.54) is 13.0 Å². The highest BCUT2D eigenvalue weighted by molar-refractivity contribution is 6.32. The lowest BCUT2D eigenvalue weighted by atomic mass is 10.1. The van der Waals surface area contributed by atoms with E-state index in [1.54, 1.807) is 18.2 Å². The zero-order chi connectivity index (χ0) is 19.3. The van der Waals surface area contributed by atoms with Crippen molar-refractivity contribution in [1.82, 2.24) is 5.32 Å². The molecule has 0 unspecified atom stereocenters. The largest absolute Gasteiger partial charge is 0.489 e. The number of carbonyl (C=O) groups is 2. The van der Waals surface area contributed by atoms with Gasteiger partial charge >= 0.3 is 5.97 Å². The fourth-order valence-corrected chi connectivity index (χ4v) is 2.52. The average Bonchev–Trinajstić information content (AvgIpc) is 2.77. The number of amides is 1. The summed E-state index contributed by atoms with van der Waals surface area (Å²) in [6.45, 7) is 8.17. The van der Waals surface area contributed by atoms with E-state index in [2.05, 4.69) is 5.32 Å². The Balaban J connectivity index is 2.01. The predicted octanol–water partition coefficient (Wildman–Crippen LogP) is 3.36. The first-order valence-electron chi connectivity index (χ1n) is 8.45. The lowest BCUT2D eigenvalue weighted by Gasteiger charge is -2.22. The van der Waals surface area contributed by atoms with Crippen LogP contribution >= 0.6 is 11.6 Å². The first kappa shape index (κ1) is 20.1. The van der Waals surface area contributed by atoms with Crippen LogP contribution in [0.2, 0.25) is 5.02 Å². The average molecular weight is 382 g/mol. The Hall–Kier alpha value is -2.21. The number of esters is 1. The summed E-state index contributed by atoms with van der Waals surface area (Å²) in [4.78, 5) is 23.9. The molecule has 1 aromatic carbocycles. The number of hydrogen-bond acceptors (Lipinski definition) is 5. The van der Waals surface area contributed by atoms with Crippen molar-refractivity contribution in [3.05, 3.63) is 28.8 Å². The Morgan fingerprint density at radius 2 is 1.96 bits per heavy atom. The second-order valence-electron chi connectivity index (χ2n) is 7.03. The van der Waals surface area contributed by atoms with Gasteiger partial charge in [0.25, 0.3) is 5.91 Å². The van der Waals surface area contributed by atoms with Crippen LogP contribution in [0.15, 0.2) is 18.2 Å². The topological polar surface area (TPSA) is 73.9 Å². The van der Waals surface area contributed by atoms with Gasteiger partial charge in [-0.3, -0.25) is 4.79 Å². The fourth-order valence-electron chi connectivity index (χ4n) is 2.25. The molecule has 0 radical (unpaired) electrons. The van der Waals surface area contributed by atoms with Gasteiger partial charge < -0.3 is 19.5 Å². The Morgan fingerprint density at radius 1 is 1.27 bits per heavy atom. The second kappa shape index (κ2) is 8.45. The minimum Gasteiger partial charge on any atom is -0.489 e. The zero-order valence-corrected chi connectivity index (χ0v) is 16.2. The summed E-state index contributed by atoms with van der Waals surface area (Å²) in [5, 5.41) is 3.17. The summed E-state index contributed by atoms with van der Waals surface area (Å²) in [5.74, 6) is 0.0833. The highest BCUT2D eigenvalue weighted by atomic mass is 35.5. The second-order valence-corrected chi connectivity index (χ2v) is 7.44. The Labute approximate surface area is 158 Å². The first-order valence-corrected chi connectivity index (χ1v) is 8.83. The van der Waals surface area contributed by atoms with E-state index in [0.717, 1.165) is 6.42 Å². The number of ether oxygens (including phenoxy) is 3. The molecular weight excluding hydrogens is 358 g/mol. The van der Waals surface area contributed by atoms with Crippen LogP contribution in [0.25, 0.3) is 6.08 Å². The van der Waals surface area contributed by atoms with Gasteiger partial charge in [0, 0.05) is 18.0 Å². The van der Waals surface area contributed by atoms with Crippen molar-refractivity contribution >= 4 is 29.6 Å².